The first-order valence-electron chi connectivity index (χ1n) is 8.49. The van der Waals surface area contributed by atoms with Crippen molar-refractivity contribution in [3.63, 3.8) is 0 Å². The van der Waals surface area contributed by atoms with E-state index in [-0.39, 0.29) is 18.4 Å². The first-order chi connectivity index (χ1) is 12.1. The van der Waals surface area contributed by atoms with Crippen LogP contribution in [0.1, 0.15) is 24.0 Å². The molecule has 3 aromatic rings. The molecule has 2 aromatic carbocycles. The Morgan fingerprint density at radius 1 is 1.12 bits per heavy atom. The molecule has 0 bridgehead atoms. The van der Waals surface area contributed by atoms with Gasteiger partial charge < -0.3 is 15.8 Å². The number of rotatable bonds is 7. The van der Waals surface area contributed by atoms with Gasteiger partial charge in [-0.15, -0.1) is 0 Å². The van der Waals surface area contributed by atoms with Crippen molar-refractivity contribution in [1.82, 2.24) is 4.98 Å². The van der Waals surface area contributed by atoms with E-state index < -0.39 is 5.91 Å². The number of aliphatic hydroxyl groups excluding tert-OH is 1. The predicted molar refractivity (Wildman–Crippen MR) is 99.9 cm³/mol. The van der Waals surface area contributed by atoms with Crippen LogP contribution >= 0.6 is 0 Å². The molecule has 3 rings (SSSR count). The van der Waals surface area contributed by atoms with Crippen LogP contribution < -0.4 is 5.73 Å². The molecule has 1 radical (unpaired) electrons. The molecule has 0 aliphatic heterocycles. The number of aromatic nitrogens is 1. The minimum Gasteiger partial charge on any atom is -0.396 e. The first kappa shape index (κ1) is 17.2. The van der Waals surface area contributed by atoms with Crippen molar-refractivity contribution in [3.8, 4) is 0 Å². The Kier molecular flexibility index (Phi) is 5.19. The SMILES string of the molecule is CC([C](C(N)=O)C(CO)Cc1ccccc1)c1c[nH]c2ccccc12. The van der Waals surface area contributed by atoms with Gasteiger partial charge in [-0.3, -0.25) is 4.79 Å². The number of fused-ring (bicyclic) bond motifs is 1. The Balaban J connectivity index is 1.92. The fraction of sp³-hybridized carbons (Fsp3) is 0.238. The van der Waals surface area contributed by atoms with Crippen molar-refractivity contribution in [3.05, 3.63) is 77.8 Å². The first-order valence-corrected chi connectivity index (χ1v) is 8.49. The number of nitrogens with one attached hydrogen (secondary N) is 1. The number of carbonyl (C=O) groups is 1. The molecule has 0 aliphatic carbocycles. The summed E-state index contributed by atoms with van der Waals surface area (Å²) in [6.45, 7) is 1.86. The van der Waals surface area contributed by atoms with Crippen molar-refractivity contribution < 1.29 is 9.90 Å². The second-order valence-corrected chi connectivity index (χ2v) is 6.40. The lowest BCUT2D eigenvalue weighted by Gasteiger charge is -2.27. The largest absolute Gasteiger partial charge is 0.396 e. The standard InChI is InChI=1S/C21H23N2O2/c1-14(18-12-23-19-10-6-5-9-17(18)19)20(21(22)25)16(13-24)11-15-7-3-2-4-8-15/h2-10,12,14,16,23-24H,11,13H2,1H3,(H2,22,25). The highest BCUT2D eigenvalue weighted by molar-refractivity contribution is 5.92. The monoisotopic (exact) mass is 335 g/mol. The number of aromatic amines is 1. The van der Waals surface area contributed by atoms with Crippen molar-refractivity contribution in [2.75, 3.05) is 6.61 Å². The minimum atomic E-state index is -0.451. The molecule has 4 heteroatoms. The van der Waals surface area contributed by atoms with Gasteiger partial charge in [0.2, 0.25) is 5.91 Å². The number of amides is 1. The number of hydrogen-bond acceptors (Lipinski definition) is 2. The lowest BCUT2D eigenvalue weighted by Crippen LogP contribution is -2.34. The Labute approximate surface area is 147 Å². The van der Waals surface area contributed by atoms with Crippen LogP contribution in [0.25, 0.3) is 10.9 Å². The number of nitrogens with two attached hydrogens (primary N) is 1. The maximum Gasteiger partial charge on any atom is 0.225 e. The fourth-order valence-electron chi connectivity index (χ4n) is 3.56. The predicted octanol–water partition coefficient (Wildman–Crippen LogP) is 3.18. The summed E-state index contributed by atoms with van der Waals surface area (Å²) in [4.78, 5) is 15.5. The Morgan fingerprint density at radius 3 is 2.48 bits per heavy atom. The lowest BCUT2D eigenvalue weighted by molar-refractivity contribution is -0.117. The van der Waals surface area contributed by atoms with E-state index in [1.165, 1.54) is 0 Å². The molecule has 0 fully saturated rings. The van der Waals surface area contributed by atoms with Crippen LogP contribution in [0.2, 0.25) is 0 Å². The van der Waals surface area contributed by atoms with Gasteiger partial charge in [-0.1, -0.05) is 55.5 Å². The van der Waals surface area contributed by atoms with Crippen LogP contribution in [0.5, 0.6) is 0 Å². The highest BCUT2D eigenvalue weighted by atomic mass is 16.3. The van der Waals surface area contributed by atoms with Gasteiger partial charge in [0.05, 0.1) is 5.92 Å². The third-order valence-corrected chi connectivity index (χ3v) is 4.82. The average molecular weight is 335 g/mol. The summed E-state index contributed by atoms with van der Waals surface area (Å²) in [7, 11) is 0. The van der Waals surface area contributed by atoms with Gasteiger partial charge in [-0.25, -0.2) is 0 Å². The lowest BCUT2D eigenvalue weighted by atomic mass is 9.76. The quantitative estimate of drug-likeness (QED) is 0.620. The molecule has 4 N–H and O–H groups in total. The maximum atomic E-state index is 12.2. The summed E-state index contributed by atoms with van der Waals surface area (Å²) in [5.74, 6) is -0.359. The van der Waals surface area contributed by atoms with Crippen LogP contribution in [0.4, 0.5) is 0 Å². The van der Waals surface area contributed by atoms with Crippen molar-refractivity contribution in [1.29, 1.82) is 0 Å². The normalized spacial score (nSPS) is 13.9. The van der Waals surface area contributed by atoms with E-state index in [9.17, 15) is 9.90 Å². The molecule has 0 saturated heterocycles. The number of primary amides is 1. The van der Waals surface area contributed by atoms with Gasteiger partial charge in [-0.2, -0.15) is 0 Å². The molecule has 1 aromatic heterocycles. The van der Waals surface area contributed by atoms with E-state index in [1.807, 2.05) is 67.7 Å². The summed E-state index contributed by atoms with van der Waals surface area (Å²) in [5, 5.41) is 11.0. The second kappa shape index (κ2) is 7.53. The van der Waals surface area contributed by atoms with Crippen molar-refractivity contribution in [2.45, 2.75) is 19.3 Å². The number of hydrogen-bond donors (Lipinski definition) is 3. The van der Waals surface area contributed by atoms with Gasteiger partial charge in [0.15, 0.2) is 0 Å². The van der Waals surface area contributed by atoms with E-state index in [4.69, 9.17) is 5.73 Å². The second-order valence-electron chi connectivity index (χ2n) is 6.40. The van der Waals surface area contributed by atoms with Crippen molar-refractivity contribution >= 4 is 16.8 Å². The summed E-state index contributed by atoms with van der Waals surface area (Å²) in [5.41, 5.74) is 8.84. The van der Waals surface area contributed by atoms with E-state index in [0.717, 1.165) is 22.0 Å². The van der Waals surface area contributed by atoms with E-state index in [2.05, 4.69) is 4.98 Å². The fourth-order valence-corrected chi connectivity index (χ4v) is 3.56. The van der Waals surface area contributed by atoms with E-state index in [0.29, 0.717) is 12.3 Å². The summed E-state index contributed by atoms with van der Waals surface area (Å²) < 4.78 is 0. The summed E-state index contributed by atoms with van der Waals surface area (Å²) in [6.07, 6.45) is 2.51. The third kappa shape index (κ3) is 3.59. The molecule has 0 aliphatic rings. The molecular weight excluding hydrogens is 312 g/mol. The highest BCUT2D eigenvalue weighted by Crippen LogP contribution is 2.37. The topological polar surface area (TPSA) is 79.1 Å². The Bertz CT molecular complexity index is 841. The zero-order valence-corrected chi connectivity index (χ0v) is 14.3. The molecule has 0 spiro atoms. The average Bonchev–Trinajstić information content (AvgIpc) is 3.05. The number of para-hydroxylation sites is 1. The number of H-pyrrole nitrogens is 1. The molecule has 0 saturated carbocycles. The van der Waals surface area contributed by atoms with Crippen LogP contribution in [0, 0.1) is 11.8 Å². The molecule has 1 amide bonds. The smallest absolute Gasteiger partial charge is 0.225 e. The highest BCUT2D eigenvalue weighted by Gasteiger charge is 2.34. The van der Waals surface area contributed by atoms with Gasteiger partial charge in [0, 0.05) is 29.6 Å². The molecule has 4 nitrogen and oxygen atoms in total. The Hall–Kier alpha value is -2.59. The van der Waals surface area contributed by atoms with E-state index >= 15 is 0 Å². The van der Waals surface area contributed by atoms with Gasteiger partial charge in [0.25, 0.3) is 0 Å². The van der Waals surface area contributed by atoms with Crippen LogP contribution in [0.3, 0.4) is 0 Å². The molecule has 1 heterocycles. The van der Waals surface area contributed by atoms with Gasteiger partial charge >= 0.3 is 0 Å². The van der Waals surface area contributed by atoms with E-state index in [1.54, 1.807) is 0 Å². The molecular formula is C21H23N2O2. The number of carbonyl (C=O) groups excluding carboxylic acids is 1. The van der Waals surface area contributed by atoms with Crippen LogP contribution in [0.15, 0.2) is 60.8 Å². The molecule has 25 heavy (non-hydrogen) atoms. The van der Waals surface area contributed by atoms with Crippen LogP contribution in [-0.2, 0) is 11.2 Å². The number of benzene rings is 2. The third-order valence-electron chi connectivity index (χ3n) is 4.82. The summed E-state index contributed by atoms with van der Waals surface area (Å²) >= 11 is 0. The minimum absolute atomic E-state index is 0.111. The molecule has 2 atom stereocenters. The van der Waals surface area contributed by atoms with Gasteiger partial charge in [0.1, 0.15) is 0 Å². The summed E-state index contributed by atoms with van der Waals surface area (Å²) in [6, 6.07) is 17.8. The maximum absolute atomic E-state index is 12.2. The van der Waals surface area contributed by atoms with Crippen molar-refractivity contribution in [2.24, 2.45) is 11.7 Å². The zero-order chi connectivity index (χ0) is 17.8. The molecule has 2 unspecified atom stereocenters. The van der Waals surface area contributed by atoms with Gasteiger partial charge in [-0.05, 0) is 29.5 Å². The van der Waals surface area contributed by atoms with Crippen LogP contribution in [-0.4, -0.2) is 22.6 Å². The number of aliphatic hydroxyl groups is 1. The zero-order valence-electron chi connectivity index (χ0n) is 14.3. The Morgan fingerprint density at radius 2 is 1.80 bits per heavy atom. The molecule has 129 valence electrons.